The van der Waals surface area contributed by atoms with Crippen LogP contribution < -0.4 is 23.8 Å². The number of sulfone groups is 1. The normalized spacial score (nSPS) is 14.0. The van der Waals surface area contributed by atoms with E-state index in [1.54, 1.807) is 59.2 Å². The molecule has 1 aromatic heterocycles. The van der Waals surface area contributed by atoms with Crippen molar-refractivity contribution in [3.8, 4) is 11.5 Å². The molecule has 1 aliphatic rings. The number of halogens is 1. The van der Waals surface area contributed by atoms with Gasteiger partial charge in [-0.15, -0.1) is 0 Å². The van der Waals surface area contributed by atoms with Crippen LogP contribution in [-0.4, -0.2) is 116 Å². The van der Waals surface area contributed by atoms with E-state index in [1.165, 1.54) is 23.4 Å². The second-order valence-electron chi connectivity index (χ2n) is 11.1. The fourth-order valence-corrected chi connectivity index (χ4v) is 8.37. The Hall–Kier alpha value is -2.89. The van der Waals surface area contributed by atoms with Gasteiger partial charge < -0.3 is 0 Å². The molecule has 0 fully saturated rings. The van der Waals surface area contributed by atoms with Gasteiger partial charge in [0.25, 0.3) is 0 Å². The summed E-state index contributed by atoms with van der Waals surface area (Å²) in [6.07, 6.45) is 3.19. The zero-order valence-electron chi connectivity index (χ0n) is 26.5. The van der Waals surface area contributed by atoms with Crippen molar-refractivity contribution < 1.29 is 27.4 Å². The number of rotatable bonds is 13. The summed E-state index contributed by atoms with van der Waals surface area (Å²) in [4.78, 5) is 25.4. The molecule has 1 atom stereocenters. The monoisotopic (exact) mass is 721 g/mol. The molecule has 1 aliphatic heterocycles. The first-order valence-corrected chi connectivity index (χ1v) is 18.6. The number of amides is 1. The van der Waals surface area contributed by atoms with Crippen molar-refractivity contribution in [1.29, 1.82) is 0 Å². The third-order valence-electron chi connectivity index (χ3n) is 7.45. The first-order chi connectivity index (χ1) is 21.4. The van der Waals surface area contributed by atoms with E-state index in [2.05, 4.69) is 27.3 Å². The molecule has 2 aromatic carbocycles. The van der Waals surface area contributed by atoms with Crippen LogP contribution in [0.4, 0.5) is 11.5 Å². The number of hydrogen-bond donors (Lipinski definition) is 1. The molecule has 244 valence electrons. The molecule has 11 nitrogen and oxygen atoms in total. The number of nitrogens with one attached hydrogen (secondary N) is 1. The Balaban J connectivity index is 1.59. The summed E-state index contributed by atoms with van der Waals surface area (Å²) >= 11 is 5.45. The fraction of sp³-hybridized carbons (Fsp3) is 0.452. The molecule has 2 heterocycles. The summed E-state index contributed by atoms with van der Waals surface area (Å²) in [6, 6.07) is 9.14. The molecule has 0 bridgehead atoms. The van der Waals surface area contributed by atoms with Gasteiger partial charge in [0.15, 0.2) is 0 Å². The summed E-state index contributed by atoms with van der Waals surface area (Å²) in [7, 11) is 3.10. The van der Waals surface area contributed by atoms with E-state index in [0.717, 1.165) is 36.0 Å². The topological polar surface area (TPSA) is 123 Å². The molecule has 0 radical (unpaired) electrons. The first kappa shape index (κ1) is 35.0. The van der Waals surface area contributed by atoms with Gasteiger partial charge in [0, 0.05) is 7.11 Å². The molecule has 3 aromatic rings. The molecule has 0 aliphatic carbocycles. The predicted octanol–water partition coefficient (Wildman–Crippen LogP) is 1.97. The van der Waals surface area contributed by atoms with Crippen LogP contribution in [0.15, 0.2) is 41.4 Å². The SMILES string of the molecule is COCCOc1ccc(Nc2nc([AsH]c3cc4c(cc3OC)CCN(CC(=O)N(C)C)CC4)ncc2Cl)c(S(=O)(=O)C(C)C)c1. The molecule has 45 heavy (non-hydrogen) atoms. The number of benzene rings is 2. The van der Waals surface area contributed by atoms with Crippen LogP contribution in [0.3, 0.4) is 0 Å². The van der Waals surface area contributed by atoms with Gasteiger partial charge in [0.2, 0.25) is 0 Å². The minimum atomic E-state index is -3.68. The van der Waals surface area contributed by atoms with Crippen LogP contribution in [0.2, 0.25) is 5.02 Å². The molecule has 0 spiro atoms. The number of fused-ring (bicyclic) bond motifs is 1. The van der Waals surface area contributed by atoms with Crippen LogP contribution in [-0.2, 0) is 32.2 Å². The summed E-state index contributed by atoms with van der Waals surface area (Å²) in [6.45, 7) is 5.92. The van der Waals surface area contributed by atoms with Crippen LogP contribution in [0.25, 0.3) is 0 Å². The number of ether oxygens (including phenoxy) is 3. The zero-order chi connectivity index (χ0) is 32.7. The summed E-state index contributed by atoms with van der Waals surface area (Å²) in [5.41, 5.74) is 2.79. The molecule has 0 saturated heterocycles. The number of carbonyl (C=O) groups excluding carboxylic acids is 1. The van der Waals surface area contributed by atoms with Gasteiger partial charge in [-0.05, 0) is 0 Å². The number of anilines is 2. The third kappa shape index (κ3) is 8.89. The average Bonchev–Trinajstić information content (AvgIpc) is 3.20. The molecule has 1 unspecified atom stereocenters. The van der Waals surface area contributed by atoms with Gasteiger partial charge in [0.05, 0.1) is 0 Å². The molecular formula is C31H41AsClN5O6S. The van der Waals surface area contributed by atoms with E-state index in [9.17, 15) is 13.2 Å². The van der Waals surface area contributed by atoms with Gasteiger partial charge in [-0.1, -0.05) is 0 Å². The minimum absolute atomic E-state index is 0.0911. The van der Waals surface area contributed by atoms with E-state index in [0.29, 0.717) is 35.0 Å². The Kier molecular flexibility index (Phi) is 12.1. The number of hydrogen-bond acceptors (Lipinski definition) is 10. The van der Waals surface area contributed by atoms with E-state index in [1.807, 2.05) is 0 Å². The second kappa shape index (κ2) is 15.6. The Morgan fingerprint density at radius 2 is 1.82 bits per heavy atom. The zero-order valence-corrected chi connectivity index (χ0v) is 30.2. The van der Waals surface area contributed by atoms with Crippen molar-refractivity contribution in [2.75, 3.05) is 66.5 Å². The number of aromatic nitrogens is 2. The van der Waals surface area contributed by atoms with Gasteiger partial charge in [-0.2, -0.15) is 0 Å². The van der Waals surface area contributed by atoms with E-state index in [4.69, 9.17) is 30.8 Å². The average molecular weight is 722 g/mol. The van der Waals surface area contributed by atoms with E-state index < -0.39 is 30.8 Å². The number of likely N-dealkylation sites (N-methyl/N-ethyl adjacent to an activating group) is 1. The molecule has 14 heteroatoms. The third-order valence-corrected chi connectivity index (χ3v) is 12.3. The standard InChI is InChI=1S/C31H41AsClN5O6S/c1-20(2)45(40,41)28-17-23(44-14-13-42-5)7-8-26(28)35-30-25(33)18-34-31(36-30)32-24-15-21-9-11-38(19-29(39)37(3)4)12-10-22(21)16-27(24)43-6/h7-8,15-18,20,32H,9-14,19H2,1-6H3,(H,34,35,36). The molecule has 1 N–H and O–H groups in total. The van der Waals surface area contributed by atoms with Crippen molar-refractivity contribution in [1.82, 2.24) is 19.8 Å². The fourth-order valence-electron chi connectivity index (χ4n) is 4.75. The number of carbonyl (C=O) groups is 1. The van der Waals surface area contributed by atoms with E-state index in [-0.39, 0.29) is 22.4 Å². The Labute approximate surface area is 277 Å². The van der Waals surface area contributed by atoms with Crippen molar-refractivity contribution in [2.24, 2.45) is 0 Å². The molecular weight excluding hydrogens is 681 g/mol. The Morgan fingerprint density at radius 3 is 2.47 bits per heavy atom. The van der Waals surface area contributed by atoms with Crippen LogP contribution in [0.1, 0.15) is 25.0 Å². The molecule has 0 saturated carbocycles. The van der Waals surface area contributed by atoms with Crippen LogP contribution >= 0.6 is 11.6 Å². The van der Waals surface area contributed by atoms with Crippen molar-refractivity contribution >= 4 is 63.6 Å². The van der Waals surface area contributed by atoms with Gasteiger partial charge >= 0.3 is 271 Å². The number of nitrogens with zero attached hydrogens (tertiary/aromatic N) is 4. The maximum atomic E-state index is 13.3. The van der Waals surface area contributed by atoms with Crippen molar-refractivity contribution in [3.05, 3.63) is 52.7 Å². The maximum absolute atomic E-state index is 13.3. The van der Waals surface area contributed by atoms with Crippen LogP contribution in [0.5, 0.6) is 11.5 Å². The Bertz CT molecular complexity index is 1620. The molecule has 1 amide bonds. The van der Waals surface area contributed by atoms with Crippen molar-refractivity contribution in [2.45, 2.75) is 36.8 Å². The Morgan fingerprint density at radius 1 is 1.11 bits per heavy atom. The van der Waals surface area contributed by atoms with E-state index >= 15 is 0 Å². The quantitative estimate of drug-likeness (QED) is 0.207. The van der Waals surface area contributed by atoms with Gasteiger partial charge in [0.1, 0.15) is 0 Å². The van der Waals surface area contributed by atoms with Gasteiger partial charge in [-0.25, -0.2) is 0 Å². The summed E-state index contributed by atoms with van der Waals surface area (Å²) in [5.74, 6) is 1.61. The van der Waals surface area contributed by atoms with Crippen LogP contribution in [0, 0.1) is 0 Å². The number of methoxy groups -OCH3 is 2. The summed E-state index contributed by atoms with van der Waals surface area (Å²) < 4.78 is 44.8. The summed E-state index contributed by atoms with van der Waals surface area (Å²) in [5, 5.41) is 2.76. The van der Waals surface area contributed by atoms with Crippen molar-refractivity contribution in [3.63, 3.8) is 0 Å². The first-order valence-electron chi connectivity index (χ1n) is 14.6. The second-order valence-corrected chi connectivity index (χ2v) is 16.6. The van der Waals surface area contributed by atoms with Gasteiger partial charge in [-0.3, -0.25) is 0 Å². The molecule has 4 rings (SSSR count). The predicted molar refractivity (Wildman–Crippen MR) is 178 cm³/mol.